The highest BCUT2D eigenvalue weighted by molar-refractivity contribution is 8.34. The van der Waals surface area contributed by atoms with Crippen LogP contribution in [0.5, 0.6) is 0 Å². The van der Waals surface area contributed by atoms with Crippen molar-refractivity contribution in [2.45, 2.75) is 0 Å². The van der Waals surface area contributed by atoms with Crippen molar-refractivity contribution < 1.29 is 0 Å². The first-order valence-corrected chi connectivity index (χ1v) is 34.3. The number of anilines is 3. The summed E-state index contributed by atoms with van der Waals surface area (Å²) in [6.07, 6.45) is -24.9. The third-order valence-electron chi connectivity index (χ3n) is 20.7. The van der Waals surface area contributed by atoms with Gasteiger partial charge in [0.2, 0.25) is 0 Å². The van der Waals surface area contributed by atoms with Gasteiger partial charge >= 0.3 is 0 Å². The second-order valence-corrected chi connectivity index (χ2v) is 27.3. The Kier molecular flexibility index (Phi) is 27.9. The molecule has 400 valence electrons. The number of para-hydroxylation sites is 1. The molecule has 0 bridgehead atoms. The monoisotopic (exact) mass is 1220 g/mol. The van der Waals surface area contributed by atoms with Gasteiger partial charge in [0.25, 0.3) is 0 Å². The molecule has 48 heteroatoms. The van der Waals surface area contributed by atoms with E-state index in [-0.39, 0.29) is 0 Å². The highest BCUT2D eigenvalue weighted by Crippen LogP contribution is 2.42. The van der Waals surface area contributed by atoms with Crippen LogP contribution in [-0.4, -0.2) is 331 Å². The van der Waals surface area contributed by atoms with Crippen molar-refractivity contribution in [3.8, 4) is 33.4 Å². The number of benzene rings is 9. The summed E-state index contributed by atoms with van der Waals surface area (Å²) >= 11 is 0. The molecule has 0 saturated carbocycles. The summed E-state index contributed by atoms with van der Waals surface area (Å²) in [5, 5.41) is 8.67. The largest absolute Gasteiger partial charge is 0.315 e. The molecule has 2 nitrogen and oxygen atoms in total. The smallest absolute Gasteiger partial charge is 0.0547 e. The van der Waals surface area contributed by atoms with Crippen LogP contribution in [0.4, 0.5) is 17.1 Å². The first kappa shape index (κ1) is 80.1. The molecule has 0 atom stereocenters. The predicted octanol–water partition coefficient (Wildman–Crippen LogP) is -2.49. The fourth-order valence-electron chi connectivity index (χ4n) is 16.4. The van der Waals surface area contributed by atoms with Crippen LogP contribution < -0.4 is 4.90 Å². The van der Waals surface area contributed by atoms with Gasteiger partial charge in [0.1, 0.15) is 0 Å². The third-order valence-corrected chi connectivity index (χ3v) is 20.7. The number of rotatable bonds is 27. The summed E-state index contributed by atoms with van der Waals surface area (Å²) in [5.74, 6) is 0. The Morgan fingerprint density at radius 3 is 0.902 bits per heavy atom. The molecule has 0 aliphatic carbocycles. The molecule has 0 aliphatic rings. The average molecular weight is 1210 g/mol. The second kappa shape index (κ2) is 35.5. The zero-order valence-electron chi connectivity index (χ0n) is 57.2. The summed E-state index contributed by atoms with van der Waals surface area (Å²) < 4.78 is 2.36. The normalized spacial score (nSPS) is 10.7. The zero-order chi connectivity index (χ0) is 73.7. The predicted molar refractivity (Wildman–Crippen MR) is 503 cm³/mol. The summed E-state index contributed by atoms with van der Waals surface area (Å²) in [6, 6.07) is 77.2. The van der Waals surface area contributed by atoms with Gasteiger partial charge in [-0.05, 0) is 109 Å². The first-order valence-electron chi connectivity index (χ1n) is 34.3. The molecule has 0 aliphatic heterocycles. The minimum atomic E-state index is -1.30. The first-order chi connectivity index (χ1) is 48.6. The number of hydrogen-bond acceptors (Lipinski definition) is 1. The lowest BCUT2D eigenvalue weighted by Gasteiger charge is -2.56. The van der Waals surface area contributed by atoms with Gasteiger partial charge in [0.05, 0.1) is 11.0 Å². The minimum Gasteiger partial charge on any atom is -0.315 e. The van der Waals surface area contributed by atoms with Crippen LogP contribution in [-0.2, 0) is 0 Å². The van der Waals surface area contributed by atoms with E-state index in [1.54, 1.807) is 0 Å². The zero-order valence-corrected chi connectivity index (χ0v) is 57.2. The number of fused-ring (bicyclic) bond motifs is 6. The third kappa shape index (κ3) is 17.4. The molecular weight excluding hydrogens is 1170 g/mol. The summed E-state index contributed by atoms with van der Waals surface area (Å²) in [5.41, 5.74) is 13.1. The van der Waals surface area contributed by atoms with Crippen molar-refractivity contribution in [2.24, 2.45) is 0 Å². The van der Waals surface area contributed by atoms with Crippen LogP contribution in [0.1, 0.15) is 0 Å². The van der Waals surface area contributed by atoms with Gasteiger partial charge in [0, 0.05) is 360 Å². The van der Waals surface area contributed by atoms with Gasteiger partial charge in [-0.15, -0.1) is 0 Å². The molecule has 0 N–H and O–H groups in total. The Hall–Kier alpha value is -4.43. The van der Waals surface area contributed by atoms with Gasteiger partial charge in [-0.3, -0.25) is 0 Å². The van der Waals surface area contributed by atoms with E-state index in [0.717, 1.165) is 17.1 Å². The van der Waals surface area contributed by atoms with Crippen molar-refractivity contribution in [1.82, 2.24) is 4.40 Å². The molecule has 0 saturated heterocycles. The highest BCUT2D eigenvalue weighted by Gasteiger charge is 2.59. The topological polar surface area (TPSA) is 7.65 Å². The van der Waals surface area contributed by atoms with Crippen LogP contribution in [0.3, 0.4) is 0 Å². The molecule has 0 fully saturated rings. The lowest BCUT2D eigenvalue weighted by molar-refractivity contribution is 1.27. The summed E-state index contributed by atoms with van der Waals surface area (Å²) in [6.45, 7) is 0. The van der Waals surface area contributed by atoms with Crippen molar-refractivity contribution in [2.75, 3.05) is 4.90 Å². The Bertz CT molecular complexity index is 4210. The molecule has 11 aromatic rings. The van der Waals surface area contributed by atoms with E-state index in [1.807, 2.05) is 0 Å². The molecule has 48 radical (unpaired) electrons. The second-order valence-electron chi connectivity index (χ2n) is 27.3. The number of aromatic nitrogens is 1. The Labute approximate surface area is 647 Å². The van der Waals surface area contributed by atoms with E-state index >= 15 is 0 Å². The summed E-state index contributed by atoms with van der Waals surface area (Å²) in [4.78, 5) is 2.39. The van der Waals surface area contributed by atoms with E-state index in [0.29, 0.717) is 0 Å². The van der Waals surface area contributed by atoms with Gasteiger partial charge < -0.3 is 9.30 Å². The van der Waals surface area contributed by atoms with Gasteiger partial charge in [-0.1, -0.05) is 164 Å². The van der Waals surface area contributed by atoms with Crippen molar-refractivity contribution >= 4 is 392 Å². The maximum atomic E-state index is 6.36. The molecule has 0 spiro atoms. The molecular formula is C54H36B46N2. The van der Waals surface area contributed by atoms with Crippen molar-refractivity contribution in [1.29, 1.82) is 0 Å². The van der Waals surface area contributed by atoms with Crippen LogP contribution >= 0.6 is 0 Å². The average Bonchev–Trinajstić information content (AvgIpc) is 1.38. The van der Waals surface area contributed by atoms with E-state index in [1.165, 1.54) is 82.1 Å². The quantitative estimate of drug-likeness (QED) is 0.0519. The van der Waals surface area contributed by atoms with Crippen molar-refractivity contribution in [3.05, 3.63) is 219 Å². The van der Waals surface area contributed by atoms with E-state index in [4.69, 9.17) is 186 Å². The standard InChI is InChI=1S/C54H36N2.B46/c1-2-14-41(15-3-1)54-51-20-8-9-23-52(51)55-36-42-28-33-46(34-43(42)35-53(54)55)56(44-29-24-39(25-30-44)49-21-10-16-37-12-4-6-18-47(37)49)45-31-26-40(27-32-45)50-22-11-17-38-13-5-7-19-48(38)50;1-25(2)37(26(3)4)43(38(27(5)6)28(7)8)46(44(39(29(9)10)30(11)12)40(31(13)14)32(15)16)45(41(33(17)18)34(19)20)42(35(21)22)36(23)24/h1-36H;. The van der Waals surface area contributed by atoms with Crippen molar-refractivity contribution in [3.63, 3.8) is 0 Å². The molecule has 2 aromatic heterocycles. The Morgan fingerprint density at radius 2 is 0.529 bits per heavy atom. The van der Waals surface area contributed by atoms with Crippen LogP contribution in [0.25, 0.3) is 82.1 Å². The lowest BCUT2D eigenvalue weighted by atomic mass is 8.25. The Balaban J connectivity index is 0.000000226. The lowest BCUT2D eigenvalue weighted by Crippen LogP contribution is -2.94. The molecule has 2 heterocycles. The maximum absolute atomic E-state index is 6.36. The maximum Gasteiger partial charge on any atom is 0.0547 e. The fourth-order valence-corrected chi connectivity index (χ4v) is 16.4. The molecule has 0 amide bonds. The minimum absolute atomic E-state index is 1.10. The molecule has 0 unspecified atom stereocenters. The Morgan fingerprint density at radius 1 is 0.216 bits per heavy atom. The SMILES string of the molecule is [B]B([B])B(B([B])[B])B(B(B([B])[B])B([B])[B])B(B(B(B([B])[B])B([B])[B])B(B([B])[B])B([B])[B])B(B(B([B])[B])B([B])[B])B(B([B])[B])B([B])[B].c1ccc(-c2c3ccccc3n3cc4ccc(N(c5ccc(-c6cccc7ccccc67)cc5)c5ccc(-c6cccc7ccccc67)cc5)cc4cc23)cc1. The molecule has 11 rings (SSSR count). The number of hydrogen-bond donors (Lipinski definition) is 0. The van der Waals surface area contributed by atoms with Crippen LogP contribution in [0.2, 0.25) is 0 Å². The van der Waals surface area contributed by atoms with E-state index < -0.39 is 140 Å². The highest BCUT2D eigenvalue weighted by atomic mass is 15.1. The number of pyridine rings is 1. The number of nitrogens with zero attached hydrogens (tertiary/aromatic N) is 2. The van der Waals surface area contributed by atoms with Crippen LogP contribution in [0.15, 0.2) is 219 Å². The van der Waals surface area contributed by atoms with E-state index in [2.05, 4.69) is 228 Å². The molecule has 9 aromatic carbocycles. The fraction of sp³-hybridized carbons (Fsp3) is 0. The van der Waals surface area contributed by atoms with Crippen LogP contribution in [0, 0.1) is 0 Å². The summed E-state index contributed by atoms with van der Waals surface area (Å²) in [7, 11) is 153. The molecule has 102 heavy (non-hydrogen) atoms. The van der Waals surface area contributed by atoms with Gasteiger partial charge in [-0.2, -0.15) is 0 Å². The van der Waals surface area contributed by atoms with Gasteiger partial charge in [-0.25, -0.2) is 0 Å². The van der Waals surface area contributed by atoms with E-state index in [9.17, 15) is 0 Å². The van der Waals surface area contributed by atoms with Gasteiger partial charge in [0.15, 0.2) is 0 Å².